The van der Waals surface area contributed by atoms with Crippen molar-refractivity contribution in [1.82, 2.24) is 10.6 Å². The summed E-state index contributed by atoms with van der Waals surface area (Å²) in [6, 6.07) is 7.51. The van der Waals surface area contributed by atoms with Crippen molar-refractivity contribution in [3.63, 3.8) is 0 Å². The molecule has 0 radical (unpaired) electrons. The molecule has 1 fully saturated rings. The number of β-lactam (4-membered cyclic amide) rings is 1. The molecule has 2 N–H and O–H groups in total. The van der Waals surface area contributed by atoms with E-state index in [9.17, 15) is 9.59 Å². The highest BCUT2D eigenvalue weighted by atomic mass is 16.5. The number of methoxy groups -OCH3 is 1. The van der Waals surface area contributed by atoms with E-state index >= 15 is 0 Å². The lowest BCUT2D eigenvalue weighted by atomic mass is 10.0. The Hall–Kier alpha value is -2.57. The largest absolute Gasteiger partial charge is 0.349 e. The molecule has 1 saturated heterocycles. The lowest BCUT2D eigenvalue weighted by Gasteiger charge is -2.39. The average molecular weight is 275 g/mol. The monoisotopic (exact) mass is 275 g/mol. The third-order valence-electron chi connectivity index (χ3n) is 3.07. The molecular weight excluding hydrogens is 262 g/mol. The van der Waals surface area contributed by atoms with E-state index in [0.717, 1.165) is 0 Å². The molecule has 2 rings (SSSR count). The van der Waals surface area contributed by atoms with Gasteiger partial charge in [0.1, 0.15) is 6.04 Å². The number of hydrogen-bond donors (Lipinski definition) is 2. The zero-order chi connectivity index (χ0) is 14.6. The number of nitrogens with one attached hydrogen (secondary N) is 2. The van der Waals surface area contributed by atoms with Gasteiger partial charge in [0.25, 0.3) is 5.91 Å². The second-order valence-electron chi connectivity index (χ2n) is 4.22. The topological polar surface area (TPSA) is 116 Å². The smallest absolute Gasteiger partial charge is 0.275 e. The highest BCUT2D eigenvalue weighted by molar-refractivity contribution is 5.96. The van der Waals surface area contributed by atoms with Crippen LogP contribution in [-0.4, -0.2) is 31.2 Å². The molecule has 0 aromatic heterocycles. The van der Waals surface area contributed by atoms with Crippen molar-refractivity contribution in [3.8, 4) is 0 Å². The van der Waals surface area contributed by atoms with Crippen LogP contribution in [0, 0.1) is 0 Å². The van der Waals surface area contributed by atoms with Crippen molar-refractivity contribution >= 4 is 11.8 Å². The third kappa shape index (κ3) is 2.42. The van der Waals surface area contributed by atoms with Crippen LogP contribution < -0.4 is 10.6 Å². The predicted molar refractivity (Wildman–Crippen MR) is 69.2 cm³/mol. The molecule has 8 heteroatoms. The van der Waals surface area contributed by atoms with Gasteiger partial charge in [0.2, 0.25) is 11.6 Å². The number of hydrogen-bond acceptors (Lipinski definition) is 4. The van der Waals surface area contributed by atoms with Crippen LogP contribution in [0.5, 0.6) is 0 Å². The number of azide groups is 1. The lowest BCUT2D eigenvalue weighted by Crippen LogP contribution is -2.74. The van der Waals surface area contributed by atoms with Gasteiger partial charge in [-0.1, -0.05) is 35.4 Å². The number of carbonyl (C=O) groups excluding carboxylic acids is 2. The van der Waals surface area contributed by atoms with Gasteiger partial charge < -0.3 is 15.4 Å². The maximum absolute atomic E-state index is 12.2. The summed E-state index contributed by atoms with van der Waals surface area (Å²) in [5, 5.41) is 8.44. The molecule has 8 nitrogen and oxygen atoms in total. The van der Waals surface area contributed by atoms with Gasteiger partial charge in [0.05, 0.1) is 6.54 Å². The summed E-state index contributed by atoms with van der Waals surface area (Å²) in [6.07, 6.45) is 0. The van der Waals surface area contributed by atoms with E-state index < -0.39 is 23.6 Å². The first-order valence-electron chi connectivity index (χ1n) is 5.87. The van der Waals surface area contributed by atoms with Crippen molar-refractivity contribution in [2.24, 2.45) is 5.11 Å². The van der Waals surface area contributed by atoms with Crippen LogP contribution >= 0.6 is 0 Å². The standard InChI is InChI=1S/C12H13N5O3/c1-20-12(7-14-11(12)19)15-10(18)9(16-17-13)8-5-3-2-4-6-8/h2-6,9H,7H2,1H3,(H,14,19)(H,15,18). The van der Waals surface area contributed by atoms with Crippen LogP contribution in [0.25, 0.3) is 10.4 Å². The first kappa shape index (κ1) is 13.9. The molecule has 2 unspecified atom stereocenters. The minimum absolute atomic E-state index is 0.172. The van der Waals surface area contributed by atoms with E-state index in [-0.39, 0.29) is 6.54 Å². The number of rotatable bonds is 5. The lowest BCUT2D eigenvalue weighted by molar-refractivity contribution is -0.166. The summed E-state index contributed by atoms with van der Waals surface area (Å²) in [5.74, 6) is -1.02. The molecule has 2 amide bonds. The molecule has 0 bridgehead atoms. The van der Waals surface area contributed by atoms with E-state index in [1.807, 2.05) is 0 Å². The molecule has 1 aliphatic rings. The fourth-order valence-corrected chi connectivity index (χ4v) is 1.86. The van der Waals surface area contributed by atoms with Crippen molar-refractivity contribution < 1.29 is 14.3 Å². The molecular formula is C12H13N5O3. The van der Waals surface area contributed by atoms with Gasteiger partial charge in [-0.3, -0.25) is 9.59 Å². The number of nitrogens with zero attached hydrogens (tertiary/aromatic N) is 3. The fourth-order valence-electron chi connectivity index (χ4n) is 1.86. The van der Waals surface area contributed by atoms with Crippen LogP contribution in [-0.2, 0) is 14.3 Å². The van der Waals surface area contributed by atoms with Gasteiger partial charge in [0.15, 0.2) is 0 Å². The number of amides is 2. The Morgan fingerprint density at radius 3 is 2.70 bits per heavy atom. The molecule has 20 heavy (non-hydrogen) atoms. The van der Waals surface area contributed by atoms with Crippen molar-refractivity contribution in [2.75, 3.05) is 13.7 Å². The Morgan fingerprint density at radius 2 is 2.25 bits per heavy atom. The Balaban J connectivity index is 2.20. The third-order valence-corrected chi connectivity index (χ3v) is 3.07. The molecule has 1 aliphatic heterocycles. The Kier molecular flexibility index (Phi) is 3.88. The first-order chi connectivity index (χ1) is 9.63. The van der Waals surface area contributed by atoms with E-state index in [1.165, 1.54) is 7.11 Å². The number of carbonyl (C=O) groups is 2. The van der Waals surface area contributed by atoms with E-state index in [0.29, 0.717) is 5.56 Å². The second-order valence-corrected chi connectivity index (χ2v) is 4.22. The summed E-state index contributed by atoms with van der Waals surface area (Å²) in [6.45, 7) is 0.172. The fraction of sp³-hybridized carbons (Fsp3) is 0.333. The van der Waals surface area contributed by atoms with Crippen LogP contribution in [0.3, 0.4) is 0 Å². The summed E-state index contributed by atoms with van der Waals surface area (Å²) in [7, 11) is 1.32. The van der Waals surface area contributed by atoms with Gasteiger partial charge >= 0.3 is 0 Å². The molecule has 0 saturated carbocycles. The zero-order valence-electron chi connectivity index (χ0n) is 10.7. The Morgan fingerprint density at radius 1 is 1.55 bits per heavy atom. The maximum atomic E-state index is 12.2. The van der Waals surface area contributed by atoms with Crippen LogP contribution in [0.4, 0.5) is 0 Å². The van der Waals surface area contributed by atoms with E-state index in [1.54, 1.807) is 30.3 Å². The minimum atomic E-state index is -1.38. The quantitative estimate of drug-likeness (QED) is 0.270. The molecule has 2 atom stereocenters. The van der Waals surface area contributed by atoms with Crippen LogP contribution in [0.15, 0.2) is 35.4 Å². The SMILES string of the molecule is COC1(NC(=O)C(N=[N+]=[N-])c2ccccc2)CNC1=O. The Bertz CT molecular complexity index is 566. The van der Waals surface area contributed by atoms with Crippen LogP contribution in [0.2, 0.25) is 0 Å². The van der Waals surface area contributed by atoms with Crippen LogP contribution in [0.1, 0.15) is 11.6 Å². The second kappa shape index (κ2) is 5.60. The minimum Gasteiger partial charge on any atom is -0.349 e. The molecule has 1 aromatic carbocycles. The Labute approximate surface area is 114 Å². The van der Waals surface area contributed by atoms with Crippen molar-refractivity contribution in [2.45, 2.75) is 11.8 Å². The van der Waals surface area contributed by atoms with Gasteiger partial charge in [-0.05, 0) is 11.1 Å². The highest BCUT2D eigenvalue weighted by Crippen LogP contribution is 2.21. The van der Waals surface area contributed by atoms with Gasteiger partial charge in [0, 0.05) is 12.0 Å². The molecule has 1 aromatic rings. The first-order valence-corrected chi connectivity index (χ1v) is 5.87. The molecule has 0 aliphatic carbocycles. The average Bonchev–Trinajstić information content (AvgIpc) is 2.49. The summed E-state index contributed by atoms with van der Waals surface area (Å²) < 4.78 is 5.04. The van der Waals surface area contributed by atoms with Crippen molar-refractivity contribution in [1.29, 1.82) is 0 Å². The van der Waals surface area contributed by atoms with E-state index in [4.69, 9.17) is 10.3 Å². The maximum Gasteiger partial charge on any atom is 0.275 e. The van der Waals surface area contributed by atoms with Gasteiger partial charge in [-0.2, -0.15) is 0 Å². The highest BCUT2D eigenvalue weighted by Gasteiger charge is 2.49. The zero-order valence-corrected chi connectivity index (χ0v) is 10.7. The summed E-state index contributed by atoms with van der Waals surface area (Å²) in [4.78, 5) is 26.4. The molecule has 1 heterocycles. The summed E-state index contributed by atoms with van der Waals surface area (Å²) in [5.41, 5.74) is 7.75. The number of benzene rings is 1. The van der Waals surface area contributed by atoms with Crippen molar-refractivity contribution in [3.05, 3.63) is 46.3 Å². The molecule has 104 valence electrons. The van der Waals surface area contributed by atoms with Gasteiger partial charge in [-0.25, -0.2) is 0 Å². The van der Waals surface area contributed by atoms with E-state index in [2.05, 4.69) is 20.7 Å². The molecule has 0 spiro atoms. The predicted octanol–water partition coefficient (Wildman–Crippen LogP) is 0.627. The normalized spacial score (nSPS) is 21.9. The number of ether oxygens (including phenoxy) is 1. The summed E-state index contributed by atoms with van der Waals surface area (Å²) >= 11 is 0. The van der Waals surface area contributed by atoms with Gasteiger partial charge in [-0.15, -0.1) is 0 Å².